The van der Waals surface area contributed by atoms with Crippen molar-refractivity contribution < 1.29 is 4.57 Å². The number of hydrogen-bond acceptors (Lipinski definition) is 0. The quantitative estimate of drug-likeness (QED) is 0.0531. The van der Waals surface area contributed by atoms with E-state index in [1.54, 1.807) is 0 Å². The highest BCUT2D eigenvalue weighted by atomic mass is 15.1. The minimum absolute atomic E-state index is 0.618. The van der Waals surface area contributed by atoms with Crippen LogP contribution >= 0.6 is 0 Å². The van der Waals surface area contributed by atoms with Crippen LogP contribution in [0.2, 0.25) is 0 Å². The summed E-state index contributed by atoms with van der Waals surface area (Å²) in [7, 11) is 0. The summed E-state index contributed by atoms with van der Waals surface area (Å²) in [5.41, 5.74) is 0. The van der Waals surface area contributed by atoms with Gasteiger partial charge in [-0.25, -0.2) is 9.55 Å². The maximum atomic E-state index is 3.76. The first kappa shape index (κ1) is 45.2. The molecule has 0 aliphatic rings. The van der Waals surface area contributed by atoms with Crippen molar-refractivity contribution in [1.29, 1.82) is 0 Å². The zero-order valence-corrected chi connectivity index (χ0v) is 33.9. The van der Waals surface area contributed by atoms with E-state index in [1.807, 2.05) is 0 Å². The van der Waals surface area contributed by atoms with Gasteiger partial charge in [0.2, 0.25) is 0 Å². The Labute approximate surface area is 304 Å². The second-order valence-electron chi connectivity index (χ2n) is 16.1. The smallest absolute Gasteiger partial charge is 0.247 e. The van der Waals surface area contributed by atoms with Crippen LogP contribution in [-0.4, -0.2) is 4.98 Å². The average Bonchev–Trinajstić information content (AvgIpc) is 3.59. The molecule has 1 aromatic rings. The lowest BCUT2D eigenvalue weighted by molar-refractivity contribution is -0.727. The second kappa shape index (κ2) is 36.0. The van der Waals surface area contributed by atoms with Crippen LogP contribution in [0.15, 0.2) is 12.4 Å². The van der Waals surface area contributed by atoms with Gasteiger partial charge < -0.3 is 0 Å². The summed E-state index contributed by atoms with van der Waals surface area (Å²) in [4.78, 5) is 3.76. The normalized spacial score (nSPS) is 13.0. The number of nitrogens with zero attached hydrogens (tertiary/aromatic N) is 1. The first-order valence-electron chi connectivity index (χ1n) is 22.8. The maximum absolute atomic E-state index is 3.76. The van der Waals surface area contributed by atoms with Crippen molar-refractivity contribution in [3.8, 4) is 0 Å². The third kappa shape index (κ3) is 27.0. The molecule has 0 saturated carbocycles. The Bertz CT molecular complexity index is 738. The zero-order valence-electron chi connectivity index (χ0n) is 33.9. The molecule has 0 aliphatic carbocycles. The lowest BCUT2D eigenvalue weighted by Crippen LogP contribution is -2.41. The van der Waals surface area contributed by atoms with Gasteiger partial charge in [0.1, 0.15) is 12.4 Å². The maximum Gasteiger partial charge on any atom is 0.257 e. The van der Waals surface area contributed by atoms with E-state index in [9.17, 15) is 0 Å². The summed E-state index contributed by atoms with van der Waals surface area (Å²) in [6, 6.07) is 0.618. The minimum atomic E-state index is 0.618. The largest absolute Gasteiger partial charge is 0.257 e. The predicted octanol–water partition coefficient (Wildman–Crippen LogP) is 16.4. The highest BCUT2D eigenvalue weighted by Gasteiger charge is 2.25. The van der Waals surface area contributed by atoms with E-state index in [0.29, 0.717) is 12.0 Å². The number of aromatic nitrogens is 2. The van der Waals surface area contributed by atoms with E-state index < -0.39 is 0 Å². The Balaban J connectivity index is 2.29. The van der Waals surface area contributed by atoms with Gasteiger partial charge in [-0.2, -0.15) is 0 Å². The van der Waals surface area contributed by atoms with Crippen LogP contribution in [0.3, 0.4) is 0 Å². The van der Waals surface area contributed by atoms with E-state index in [4.69, 9.17) is 0 Å². The lowest BCUT2D eigenvalue weighted by atomic mass is 9.92. The monoisotopic (exact) mass is 672 g/mol. The first-order chi connectivity index (χ1) is 23.7. The van der Waals surface area contributed by atoms with Gasteiger partial charge in [0.15, 0.2) is 0 Å². The molecular formula is C46H91N2+. The standard InChI is InChI=1S/C46H90N2/c1-5-8-11-14-17-19-21-23-24-26-28-30-32-35-38-41-45(40-37-34-16-13-10-7-3)46-47-42-43-48(46)44(4)39-36-33-31-29-27-25-22-20-18-15-12-9-6-2/h42-45H,5-41H2,1-4H3/p+1. The van der Waals surface area contributed by atoms with Gasteiger partial charge in [0, 0.05) is 0 Å². The SMILES string of the molecule is CCCCCCCCCCCCCCCCCC(CCCCCCCC)c1[nH]cc[n+]1C(C)CCCCCCCCCCCCCCC. The Morgan fingerprint density at radius 2 is 0.667 bits per heavy atom. The molecule has 0 bridgehead atoms. The zero-order chi connectivity index (χ0) is 34.6. The van der Waals surface area contributed by atoms with Gasteiger partial charge in [-0.05, 0) is 32.6 Å². The van der Waals surface area contributed by atoms with Gasteiger partial charge in [0.25, 0.3) is 5.82 Å². The molecule has 1 rings (SSSR count). The number of hydrogen-bond donors (Lipinski definition) is 1. The minimum Gasteiger partial charge on any atom is -0.247 e. The van der Waals surface area contributed by atoms with Gasteiger partial charge in [-0.1, -0.05) is 233 Å². The van der Waals surface area contributed by atoms with E-state index in [2.05, 4.69) is 49.6 Å². The first-order valence-corrected chi connectivity index (χ1v) is 22.8. The van der Waals surface area contributed by atoms with Crippen LogP contribution in [0.4, 0.5) is 0 Å². The summed E-state index contributed by atoms with van der Waals surface area (Å²) in [6.07, 6.45) is 57.6. The third-order valence-corrected chi connectivity index (χ3v) is 11.4. The molecule has 2 nitrogen and oxygen atoms in total. The molecule has 2 atom stereocenters. The molecule has 0 spiro atoms. The van der Waals surface area contributed by atoms with Crippen LogP contribution < -0.4 is 4.57 Å². The average molecular weight is 672 g/mol. The van der Waals surface area contributed by atoms with Crippen LogP contribution in [0.1, 0.15) is 283 Å². The highest BCUT2D eigenvalue weighted by molar-refractivity contribution is 4.90. The van der Waals surface area contributed by atoms with E-state index in [1.165, 1.54) is 243 Å². The molecule has 1 N–H and O–H groups in total. The van der Waals surface area contributed by atoms with Crippen molar-refractivity contribution >= 4 is 0 Å². The number of rotatable bonds is 39. The summed E-state index contributed by atoms with van der Waals surface area (Å²) >= 11 is 0. The number of aromatic amines is 1. The van der Waals surface area contributed by atoms with Crippen molar-refractivity contribution in [2.75, 3.05) is 0 Å². The van der Waals surface area contributed by atoms with E-state index >= 15 is 0 Å². The number of unbranched alkanes of at least 4 members (excludes halogenated alkanes) is 31. The Kier molecular flexibility index (Phi) is 33.9. The molecule has 284 valence electrons. The van der Waals surface area contributed by atoms with Gasteiger partial charge in [-0.15, -0.1) is 0 Å². The summed E-state index contributed by atoms with van der Waals surface area (Å²) in [5.74, 6) is 2.25. The molecule has 0 aliphatic heterocycles. The van der Waals surface area contributed by atoms with Crippen molar-refractivity contribution in [3.63, 3.8) is 0 Å². The molecule has 2 heteroatoms. The fourth-order valence-electron chi connectivity index (χ4n) is 8.02. The van der Waals surface area contributed by atoms with Crippen LogP contribution in [-0.2, 0) is 0 Å². The fraction of sp³-hybridized carbons (Fsp3) is 0.935. The van der Waals surface area contributed by atoms with Crippen LogP contribution in [0, 0.1) is 0 Å². The van der Waals surface area contributed by atoms with E-state index in [-0.39, 0.29) is 0 Å². The summed E-state index contributed by atoms with van der Waals surface area (Å²) in [5, 5.41) is 0. The van der Waals surface area contributed by atoms with Gasteiger partial charge in [0.05, 0.1) is 12.0 Å². The van der Waals surface area contributed by atoms with Gasteiger partial charge in [-0.3, -0.25) is 0 Å². The molecular weight excluding hydrogens is 581 g/mol. The van der Waals surface area contributed by atoms with Crippen LogP contribution in [0.5, 0.6) is 0 Å². The van der Waals surface area contributed by atoms with Crippen molar-refractivity contribution in [2.45, 2.75) is 277 Å². The molecule has 0 radical (unpaired) electrons. The predicted molar refractivity (Wildman–Crippen MR) is 216 cm³/mol. The Morgan fingerprint density at radius 3 is 0.979 bits per heavy atom. The molecule has 48 heavy (non-hydrogen) atoms. The third-order valence-electron chi connectivity index (χ3n) is 11.4. The lowest BCUT2D eigenvalue weighted by Gasteiger charge is -2.17. The summed E-state index contributed by atoms with van der Waals surface area (Å²) < 4.78 is 2.65. The van der Waals surface area contributed by atoms with E-state index in [0.717, 1.165) is 0 Å². The molecule has 2 unspecified atom stereocenters. The van der Waals surface area contributed by atoms with Crippen LogP contribution in [0.25, 0.3) is 0 Å². The number of nitrogens with one attached hydrogen (secondary N) is 1. The topological polar surface area (TPSA) is 19.7 Å². The molecule has 1 aromatic heterocycles. The Morgan fingerprint density at radius 1 is 0.396 bits per heavy atom. The highest BCUT2D eigenvalue weighted by Crippen LogP contribution is 2.27. The molecule has 0 fully saturated rings. The number of imidazole rings is 1. The molecule has 0 saturated heterocycles. The van der Waals surface area contributed by atoms with Gasteiger partial charge >= 0.3 is 0 Å². The molecule has 0 amide bonds. The van der Waals surface area contributed by atoms with Crippen molar-refractivity contribution in [2.24, 2.45) is 0 Å². The molecule has 1 heterocycles. The van der Waals surface area contributed by atoms with Crippen molar-refractivity contribution in [1.82, 2.24) is 4.98 Å². The Hall–Kier alpha value is -0.790. The second-order valence-corrected chi connectivity index (χ2v) is 16.1. The molecule has 0 aromatic carbocycles. The van der Waals surface area contributed by atoms with Crippen molar-refractivity contribution in [3.05, 3.63) is 18.2 Å². The summed E-state index contributed by atoms with van der Waals surface area (Å²) in [6.45, 7) is 9.44. The fourth-order valence-corrected chi connectivity index (χ4v) is 8.02. The number of H-pyrrole nitrogens is 1.